The SMILES string of the molecule is CC[C@@H](CO)NC(=O)CC1CCCCC1. The predicted octanol–water partition coefficient (Wildman–Crippen LogP) is 1.84. The Morgan fingerprint density at radius 3 is 2.60 bits per heavy atom. The lowest BCUT2D eigenvalue weighted by atomic mass is 9.87. The first kappa shape index (κ1) is 12.5. The third-order valence-electron chi connectivity index (χ3n) is 3.28. The van der Waals surface area contributed by atoms with E-state index in [0.29, 0.717) is 12.3 Å². The summed E-state index contributed by atoms with van der Waals surface area (Å²) in [6, 6.07) is -0.0545. The Bertz CT molecular complexity index is 184. The predicted molar refractivity (Wildman–Crippen MR) is 60.5 cm³/mol. The van der Waals surface area contributed by atoms with Gasteiger partial charge in [-0.1, -0.05) is 26.2 Å². The molecule has 0 aliphatic heterocycles. The summed E-state index contributed by atoms with van der Waals surface area (Å²) in [6.07, 6.45) is 7.72. The molecule has 1 atom stereocenters. The Labute approximate surface area is 92.3 Å². The molecule has 1 amide bonds. The second-order valence-electron chi connectivity index (χ2n) is 4.56. The standard InChI is InChI=1S/C12H23NO2/c1-2-11(9-14)13-12(15)8-10-6-4-3-5-7-10/h10-11,14H,2-9H2,1H3,(H,13,15)/t11-/m0/s1. The van der Waals surface area contributed by atoms with Crippen LogP contribution in [0.25, 0.3) is 0 Å². The first-order valence-corrected chi connectivity index (χ1v) is 6.16. The zero-order valence-electron chi connectivity index (χ0n) is 9.67. The molecule has 0 radical (unpaired) electrons. The van der Waals surface area contributed by atoms with Gasteiger partial charge in [-0.15, -0.1) is 0 Å². The summed E-state index contributed by atoms with van der Waals surface area (Å²) < 4.78 is 0. The van der Waals surface area contributed by atoms with Crippen molar-refractivity contribution in [3.05, 3.63) is 0 Å². The topological polar surface area (TPSA) is 49.3 Å². The third-order valence-corrected chi connectivity index (χ3v) is 3.28. The molecule has 1 fully saturated rings. The van der Waals surface area contributed by atoms with Crippen molar-refractivity contribution >= 4 is 5.91 Å². The molecule has 1 saturated carbocycles. The highest BCUT2D eigenvalue weighted by Gasteiger charge is 2.18. The van der Waals surface area contributed by atoms with Crippen LogP contribution in [0.3, 0.4) is 0 Å². The van der Waals surface area contributed by atoms with E-state index in [1.807, 2.05) is 6.92 Å². The van der Waals surface area contributed by atoms with Gasteiger partial charge in [0.25, 0.3) is 0 Å². The Morgan fingerprint density at radius 1 is 1.40 bits per heavy atom. The summed E-state index contributed by atoms with van der Waals surface area (Å²) in [6.45, 7) is 2.02. The molecule has 0 aromatic carbocycles. The van der Waals surface area contributed by atoms with Gasteiger partial charge in [0.05, 0.1) is 12.6 Å². The van der Waals surface area contributed by atoms with E-state index in [9.17, 15) is 4.79 Å². The number of aliphatic hydroxyl groups excluding tert-OH is 1. The monoisotopic (exact) mass is 213 g/mol. The van der Waals surface area contributed by atoms with E-state index in [-0.39, 0.29) is 18.6 Å². The van der Waals surface area contributed by atoms with Gasteiger partial charge in [0, 0.05) is 6.42 Å². The smallest absolute Gasteiger partial charge is 0.220 e. The molecule has 3 nitrogen and oxygen atoms in total. The molecular formula is C12H23NO2. The van der Waals surface area contributed by atoms with Crippen LogP contribution in [0.2, 0.25) is 0 Å². The number of hydrogen-bond donors (Lipinski definition) is 2. The summed E-state index contributed by atoms with van der Waals surface area (Å²) in [5, 5.41) is 11.8. The fourth-order valence-electron chi connectivity index (χ4n) is 2.22. The van der Waals surface area contributed by atoms with Gasteiger partial charge in [0.2, 0.25) is 5.91 Å². The summed E-state index contributed by atoms with van der Waals surface area (Å²) in [5.41, 5.74) is 0. The minimum atomic E-state index is -0.0545. The zero-order chi connectivity index (χ0) is 11.1. The van der Waals surface area contributed by atoms with Crippen molar-refractivity contribution in [3.63, 3.8) is 0 Å². The number of rotatable bonds is 5. The number of carbonyl (C=O) groups excluding carboxylic acids is 1. The van der Waals surface area contributed by atoms with E-state index in [1.54, 1.807) is 0 Å². The van der Waals surface area contributed by atoms with Crippen molar-refractivity contribution in [2.75, 3.05) is 6.61 Å². The van der Waals surface area contributed by atoms with Crippen LogP contribution >= 0.6 is 0 Å². The van der Waals surface area contributed by atoms with Gasteiger partial charge in [0.1, 0.15) is 0 Å². The van der Waals surface area contributed by atoms with Crippen LogP contribution in [0, 0.1) is 5.92 Å². The molecule has 0 unspecified atom stereocenters. The molecule has 0 spiro atoms. The molecule has 15 heavy (non-hydrogen) atoms. The number of hydrogen-bond acceptors (Lipinski definition) is 2. The van der Waals surface area contributed by atoms with Crippen LogP contribution in [0.15, 0.2) is 0 Å². The summed E-state index contributed by atoms with van der Waals surface area (Å²) >= 11 is 0. The van der Waals surface area contributed by atoms with Crippen LogP contribution in [0.5, 0.6) is 0 Å². The van der Waals surface area contributed by atoms with Gasteiger partial charge in [-0.2, -0.15) is 0 Å². The van der Waals surface area contributed by atoms with Crippen LogP contribution in [0.4, 0.5) is 0 Å². The first-order chi connectivity index (χ1) is 7.26. The van der Waals surface area contributed by atoms with Gasteiger partial charge in [-0.25, -0.2) is 0 Å². The third kappa shape index (κ3) is 4.65. The van der Waals surface area contributed by atoms with Gasteiger partial charge in [-0.3, -0.25) is 4.79 Å². The lowest BCUT2D eigenvalue weighted by molar-refractivity contribution is -0.123. The van der Waals surface area contributed by atoms with Gasteiger partial charge in [-0.05, 0) is 25.2 Å². The molecule has 2 N–H and O–H groups in total. The largest absolute Gasteiger partial charge is 0.394 e. The number of nitrogens with one attached hydrogen (secondary N) is 1. The van der Waals surface area contributed by atoms with Crippen molar-refractivity contribution in [2.45, 2.75) is 57.9 Å². The van der Waals surface area contributed by atoms with Crippen molar-refractivity contribution in [1.29, 1.82) is 0 Å². The van der Waals surface area contributed by atoms with E-state index >= 15 is 0 Å². The maximum Gasteiger partial charge on any atom is 0.220 e. The normalized spacial score (nSPS) is 19.9. The second kappa shape index (κ2) is 6.83. The lowest BCUT2D eigenvalue weighted by Gasteiger charge is -2.22. The quantitative estimate of drug-likeness (QED) is 0.732. The number of carbonyl (C=O) groups is 1. The van der Waals surface area contributed by atoms with Crippen LogP contribution in [0.1, 0.15) is 51.9 Å². The molecule has 0 heterocycles. The van der Waals surface area contributed by atoms with Crippen LogP contribution < -0.4 is 5.32 Å². The highest BCUT2D eigenvalue weighted by Crippen LogP contribution is 2.26. The fourth-order valence-corrected chi connectivity index (χ4v) is 2.22. The molecule has 1 rings (SSSR count). The highest BCUT2D eigenvalue weighted by molar-refractivity contribution is 5.76. The average Bonchev–Trinajstić information content (AvgIpc) is 2.27. The Morgan fingerprint density at radius 2 is 2.07 bits per heavy atom. The maximum atomic E-state index is 11.6. The summed E-state index contributed by atoms with van der Waals surface area (Å²) in [4.78, 5) is 11.6. The molecule has 0 saturated heterocycles. The fraction of sp³-hybridized carbons (Fsp3) is 0.917. The molecule has 88 valence electrons. The Balaban J connectivity index is 2.21. The van der Waals surface area contributed by atoms with Crippen molar-refractivity contribution in [3.8, 4) is 0 Å². The van der Waals surface area contributed by atoms with Gasteiger partial charge < -0.3 is 10.4 Å². The molecule has 3 heteroatoms. The van der Waals surface area contributed by atoms with Crippen LogP contribution in [-0.2, 0) is 4.79 Å². The minimum Gasteiger partial charge on any atom is -0.394 e. The lowest BCUT2D eigenvalue weighted by Crippen LogP contribution is -2.37. The van der Waals surface area contributed by atoms with Crippen LogP contribution in [-0.4, -0.2) is 23.7 Å². The molecule has 0 aromatic heterocycles. The average molecular weight is 213 g/mol. The Hall–Kier alpha value is -0.570. The first-order valence-electron chi connectivity index (χ1n) is 6.16. The zero-order valence-corrected chi connectivity index (χ0v) is 9.67. The van der Waals surface area contributed by atoms with Gasteiger partial charge >= 0.3 is 0 Å². The van der Waals surface area contributed by atoms with E-state index in [0.717, 1.165) is 6.42 Å². The molecule has 0 bridgehead atoms. The summed E-state index contributed by atoms with van der Waals surface area (Å²) in [7, 11) is 0. The van der Waals surface area contributed by atoms with Crippen molar-refractivity contribution in [1.82, 2.24) is 5.32 Å². The second-order valence-corrected chi connectivity index (χ2v) is 4.56. The summed E-state index contributed by atoms with van der Waals surface area (Å²) in [5.74, 6) is 0.692. The van der Waals surface area contributed by atoms with E-state index in [4.69, 9.17) is 5.11 Å². The van der Waals surface area contributed by atoms with Crippen molar-refractivity contribution < 1.29 is 9.90 Å². The van der Waals surface area contributed by atoms with Gasteiger partial charge in [0.15, 0.2) is 0 Å². The number of amides is 1. The maximum absolute atomic E-state index is 11.6. The highest BCUT2D eigenvalue weighted by atomic mass is 16.3. The molecule has 1 aliphatic carbocycles. The molecule has 0 aromatic rings. The number of aliphatic hydroxyl groups is 1. The minimum absolute atomic E-state index is 0.0485. The molecule has 1 aliphatic rings. The van der Waals surface area contributed by atoms with E-state index in [1.165, 1.54) is 32.1 Å². The Kier molecular flexibility index (Phi) is 5.69. The van der Waals surface area contributed by atoms with Crippen molar-refractivity contribution in [2.24, 2.45) is 5.92 Å². The van der Waals surface area contributed by atoms with E-state index in [2.05, 4.69) is 5.32 Å². The van der Waals surface area contributed by atoms with E-state index < -0.39 is 0 Å². The molecular weight excluding hydrogens is 190 g/mol.